The van der Waals surface area contributed by atoms with Gasteiger partial charge in [0.25, 0.3) is 11.6 Å². The Morgan fingerprint density at radius 1 is 1.29 bits per heavy atom. The van der Waals surface area contributed by atoms with E-state index in [4.69, 9.17) is 4.74 Å². The number of amidine groups is 1. The summed E-state index contributed by atoms with van der Waals surface area (Å²) < 4.78 is 5.29. The number of para-hydroxylation sites is 1. The number of carbonyl (C=O) groups excluding carboxylic acids is 1. The smallest absolute Gasteiger partial charge is 0.286 e. The summed E-state index contributed by atoms with van der Waals surface area (Å²) in [7, 11) is 0. The number of aliphatic imine (C=N–C) groups is 1. The van der Waals surface area contributed by atoms with Crippen LogP contribution in [0.5, 0.6) is 0 Å². The van der Waals surface area contributed by atoms with Crippen LogP contribution < -0.4 is 0 Å². The molecule has 0 saturated carbocycles. The van der Waals surface area contributed by atoms with E-state index in [1.165, 1.54) is 17.8 Å². The van der Waals surface area contributed by atoms with Gasteiger partial charge in [0.1, 0.15) is 0 Å². The average molecular weight is 345 g/mol. The summed E-state index contributed by atoms with van der Waals surface area (Å²) in [6.07, 6.45) is 4.90. The van der Waals surface area contributed by atoms with Gasteiger partial charge in [-0.1, -0.05) is 18.2 Å². The lowest BCUT2D eigenvalue weighted by Crippen LogP contribution is -2.38. The maximum absolute atomic E-state index is 12.0. The second-order valence-corrected chi connectivity index (χ2v) is 6.12. The van der Waals surface area contributed by atoms with Crippen LogP contribution in [-0.4, -0.2) is 47.2 Å². The highest BCUT2D eigenvalue weighted by atomic mass is 32.2. The summed E-state index contributed by atoms with van der Waals surface area (Å²) in [6, 6.07) is 6.45. The number of amides is 1. The Balaban J connectivity index is 1.70. The summed E-state index contributed by atoms with van der Waals surface area (Å²) in [6.45, 7) is 2.70. The van der Waals surface area contributed by atoms with E-state index in [0.717, 1.165) is 13.1 Å². The van der Waals surface area contributed by atoms with Crippen LogP contribution in [0, 0.1) is 10.1 Å². The van der Waals surface area contributed by atoms with E-state index in [9.17, 15) is 14.9 Å². The Bertz CT molecular complexity index is 751. The number of hydrogen-bond acceptors (Lipinski definition) is 6. The molecule has 0 aliphatic carbocycles. The minimum absolute atomic E-state index is 0.0304. The standard InChI is InChI=1S/C16H15N3O4S/c20-15-14(24-16(17-15)18-8-10-23-11-9-18)7-3-5-12-4-1-2-6-13(12)19(21)22/h1-7H,8-11H2/b5-3+,14-7+. The molecule has 0 atom stereocenters. The van der Waals surface area contributed by atoms with Gasteiger partial charge in [-0.3, -0.25) is 14.9 Å². The number of nitro groups is 1. The molecule has 3 rings (SSSR count). The van der Waals surface area contributed by atoms with Gasteiger partial charge in [-0.15, -0.1) is 0 Å². The van der Waals surface area contributed by atoms with Crippen LogP contribution >= 0.6 is 11.8 Å². The first-order chi connectivity index (χ1) is 11.6. The third-order valence-electron chi connectivity index (χ3n) is 3.55. The van der Waals surface area contributed by atoms with Gasteiger partial charge in [0.2, 0.25) is 0 Å². The number of thioether (sulfide) groups is 1. The van der Waals surface area contributed by atoms with Crippen LogP contribution in [0.4, 0.5) is 5.69 Å². The molecule has 1 saturated heterocycles. The van der Waals surface area contributed by atoms with Crippen LogP contribution in [0.1, 0.15) is 5.56 Å². The molecule has 2 aliphatic rings. The molecule has 2 aliphatic heterocycles. The molecule has 1 amide bonds. The molecule has 0 bridgehead atoms. The predicted molar refractivity (Wildman–Crippen MR) is 92.6 cm³/mol. The third kappa shape index (κ3) is 3.72. The van der Waals surface area contributed by atoms with E-state index in [1.54, 1.807) is 36.4 Å². The lowest BCUT2D eigenvalue weighted by atomic mass is 10.1. The molecule has 124 valence electrons. The molecule has 0 N–H and O–H groups in total. The second-order valence-electron chi connectivity index (χ2n) is 5.11. The van der Waals surface area contributed by atoms with Gasteiger partial charge in [-0.25, -0.2) is 0 Å². The predicted octanol–water partition coefficient (Wildman–Crippen LogP) is 2.45. The maximum atomic E-state index is 12.0. The van der Waals surface area contributed by atoms with Crippen LogP contribution in [0.2, 0.25) is 0 Å². The van der Waals surface area contributed by atoms with Crippen LogP contribution in [-0.2, 0) is 9.53 Å². The first-order valence-electron chi connectivity index (χ1n) is 7.40. The molecule has 0 radical (unpaired) electrons. The highest BCUT2D eigenvalue weighted by molar-refractivity contribution is 8.18. The normalized spacial score (nSPS) is 20.0. The number of ether oxygens (including phenoxy) is 1. The monoisotopic (exact) mass is 345 g/mol. The summed E-state index contributed by atoms with van der Waals surface area (Å²) in [5, 5.41) is 11.7. The van der Waals surface area contributed by atoms with Crippen molar-refractivity contribution >= 4 is 34.6 Å². The number of morpholine rings is 1. The Morgan fingerprint density at radius 2 is 2.04 bits per heavy atom. The van der Waals surface area contributed by atoms with E-state index in [0.29, 0.717) is 28.9 Å². The fourth-order valence-corrected chi connectivity index (χ4v) is 3.25. The topological polar surface area (TPSA) is 85.0 Å². The zero-order chi connectivity index (χ0) is 16.9. The van der Waals surface area contributed by atoms with Crippen molar-refractivity contribution in [3.63, 3.8) is 0 Å². The molecular formula is C16H15N3O4S. The summed E-state index contributed by atoms with van der Waals surface area (Å²) >= 11 is 1.32. The van der Waals surface area contributed by atoms with Crippen molar-refractivity contribution in [1.29, 1.82) is 0 Å². The fraction of sp³-hybridized carbons (Fsp3) is 0.250. The summed E-state index contributed by atoms with van der Waals surface area (Å²) in [4.78, 5) is 29.1. The number of nitrogens with zero attached hydrogens (tertiary/aromatic N) is 3. The van der Waals surface area contributed by atoms with E-state index in [-0.39, 0.29) is 11.6 Å². The van der Waals surface area contributed by atoms with Gasteiger partial charge in [0.05, 0.1) is 28.6 Å². The van der Waals surface area contributed by atoms with Crippen LogP contribution in [0.25, 0.3) is 6.08 Å². The molecule has 24 heavy (non-hydrogen) atoms. The molecule has 0 aromatic heterocycles. The lowest BCUT2D eigenvalue weighted by molar-refractivity contribution is -0.385. The van der Waals surface area contributed by atoms with Gasteiger partial charge in [-0.05, 0) is 30.0 Å². The first-order valence-corrected chi connectivity index (χ1v) is 8.22. The molecule has 8 heteroatoms. The van der Waals surface area contributed by atoms with Crippen molar-refractivity contribution in [3.8, 4) is 0 Å². The molecule has 0 spiro atoms. The minimum atomic E-state index is -0.429. The molecule has 7 nitrogen and oxygen atoms in total. The van der Waals surface area contributed by atoms with Gasteiger partial charge in [-0.2, -0.15) is 4.99 Å². The zero-order valence-electron chi connectivity index (χ0n) is 12.8. The van der Waals surface area contributed by atoms with Gasteiger partial charge < -0.3 is 9.64 Å². The quantitative estimate of drug-likeness (QED) is 0.475. The van der Waals surface area contributed by atoms with Gasteiger partial charge in [0, 0.05) is 19.2 Å². The number of nitro benzene ring substituents is 1. The fourth-order valence-electron chi connectivity index (χ4n) is 2.34. The van der Waals surface area contributed by atoms with Crippen LogP contribution in [0.15, 0.2) is 46.3 Å². The van der Waals surface area contributed by atoms with Crippen molar-refractivity contribution in [2.75, 3.05) is 26.3 Å². The number of allylic oxidation sites excluding steroid dienone is 2. The highest BCUT2D eigenvalue weighted by Gasteiger charge is 2.26. The van der Waals surface area contributed by atoms with E-state index in [2.05, 4.69) is 4.99 Å². The second kappa shape index (κ2) is 7.41. The van der Waals surface area contributed by atoms with E-state index in [1.807, 2.05) is 4.90 Å². The zero-order valence-corrected chi connectivity index (χ0v) is 13.6. The summed E-state index contributed by atoms with van der Waals surface area (Å²) in [5.74, 6) is -0.284. The lowest BCUT2D eigenvalue weighted by Gasteiger charge is -2.27. The average Bonchev–Trinajstić information content (AvgIpc) is 2.97. The van der Waals surface area contributed by atoms with Gasteiger partial charge >= 0.3 is 0 Å². The van der Waals surface area contributed by atoms with E-state index < -0.39 is 4.92 Å². The number of hydrogen-bond donors (Lipinski definition) is 0. The van der Waals surface area contributed by atoms with Crippen molar-refractivity contribution < 1.29 is 14.5 Å². The van der Waals surface area contributed by atoms with Gasteiger partial charge in [0.15, 0.2) is 5.17 Å². The highest BCUT2D eigenvalue weighted by Crippen LogP contribution is 2.29. The largest absolute Gasteiger partial charge is 0.378 e. The Hall–Kier alpha value is -2.45. The maximum Gasteiger partial charge on any atom is 0.286 e. The minimum Gasteiger partial charge on any atom is -0.378 e. The molecule has 1 fully saturated rings. The van der Waals surface area contributed by atoms with Crippen molar-refractivity contribution in [1.82, 2.24) is 4.90 Å². The van der Waals surface area contributed by atoms with Crippen molar-refractivity contribution in [2.24, 2.45) is 4.99 Å². The number of benzene rings is 1. The molecule has 1 aromatic carbocycles. The Labute approximate surface area is 142 Å². The number of rotatable bonds is 3. The Kier molecular flexibility index (Phi) is 5.07. The van der Waals surface area contributed by atoms with E-state index >= 15 is 0 Å². The van der Waals surface area contributed by atoms with Crippen molar-refractivity contribution in [2.45, 2.75) is 0 Å². The number of carbonyl (C=O) groups is 1. The molecular weight excluding hydrogens is 330 g/mol. The molecule has 1 aromatic rings. The molecule has 2 heterocycles. The SMILES string of the molecule is O=C1N=C(N2CCOCC2)S/C1=C/C=C/c1ccccc1[N+](=O)[O-]. The third-order valence-corrected chi connectivity index (χ3v) is 4.61. The first kappa shape index (κ1) is 16.4. The molecule has 0 unspecified atom stereocenters. The summed E-state index contributed by atoms with van der Waals surface area (Å²) in [5.41, 5.74) is 0.520. The Morgan fingerprint density at radius 3 is 2.79 bits per heavy atom. The van der Waals surface area contributed by atoms with Crippen molar-refractivity contribution in [3.05, 3.63) is 57.0 Å². The van der Waals surface area contributed by atoms with Crippen LogP contribution in [0.3, 0.4) is 0 Å².